The van der Waals surface area contributed by atoms with Gasteiger partial charge in [0.25, 0.3) is 0 Å². The fraction of sp³-hybridized carbons (Fsp3) is 1.00. The van der Waals surface area contributed by atoms with Crippen molar-refractivity contribution in [1.29, 1.82) is 0 Å². The molecule has 0 bridgehead atoms. The number of rotatable bonds is 12. The Morgan fingerprint density at radius 3 is 1.16 bits per heavy atom. The molecule has 9 nitrogen and oxygen atoms in total. The number of hydrogen-bond donors (Lipinski definition) is 0. The third kappa shape index (κ3) is 11.0. The third-order valence-corrected chi connectivity index (χ3v) is 6.76. The van der Waals surface area contributed by atoms with Gasteiger partial charge in [0.15, 0.2) is 0 Å². The van der Waals surface area contributed by atoms with E-state index < -0.39 is 39.9 Å². The van der Waals surface area contributed by atoms with Gasteiger partial charge in [-0.3, -0.25) is 0 Å². The van der Waals surface area contributed by atoms with Gasteiger partial charge in [-0.2, -0.15) is 10.7 Å². The van der Waals surface area contributed by atoms with Gasteiger partial charge in [-0.15, -0.1) is 13.6 Å². The van der Waals surface area contributed by atoms with Crippen molar-refractivity contribution >= 4 is 39.9 Å². The van der Waals surface area contributed by atoms with E-state index >= 15 is 0 Å². The molecule has 13 heteroatoms. The van der Waals surface area contributed by atoms with Crippen molar-refractivity contribution in [2.24, 2.45) is 0 Å². The van der Waals surface area contributed by atoms with Crippen LogP contribution in [0.2, 0.25) is 0 Å². The highest BCUT2D eigenvalue weighted by molar-refractivity contribution is 7.39. The zero-order valence-electron chi connectivity index (χ0n) is 10.7. The maximum atomic E-state index is 11.2. The molecule has 0 saturated heterocycles. The predicted octanol–water partition coefficient (Wildman–Crippen LogP) is 3.10. The second-order valence-electron chi connectivity index (χ2n) is 2.53. The zero-order valence-corrected chi connectivity index (χ0v) is 14.6. The van der Waals surface area contributed by atoms with E-state index in [1.165, 1.54) is 0 Å². The molecule has 0 aliphatic rings. The molecular weight excluding hydrogens is 336 g/mol. The summed E-state index contributed by atoms with van der Waals surface area (Å²) in [5, 5.41) is 0. The van der Waals surface area contributed by atoms with Crippen LogP contribution in [0, 0.1) is 0 Å². The van der Waals surface area contributed by atoms with E-state index in [1.54, 1.807) is 20.8 Å². The van der Waals surface area contributed by atoms with Gasteiger partial charge in [0, 0.05) is 13.7 Å². The molecule has 3 unspecified atom stereocenters. The van der Waals surface area contributed by atoms with Crippen LogP contribution in [-0.4, -0.2) is 35.0 Å². The smallest absolute Gasteiger partial charge is 0.173 e. The highest BCUT2D eigenvalue weighted by Crippen LogP contribution is 2.35. The molecule has 0 aliphatic heterocycles. The first-order valence-electron chi connectivity index (χ1n) is 5.34. The van der Waals surface area contributed by atoms with Gasteiger partial charge < -0.3 is 0 Å². The average Bonchev–Trinajstić information content (AvgIpc) is 2.29. The predicted molar refractivity (Wildman–Crippen MR) is 66.7 cm³/mol. The van der Waals surface area contributed by atoms with Crippen molar-refractivity contribution in [3.63, 3.8) is 0 Å². The molecule has 0 heterocycles. The zero-order chi connectivity index (χ0) is 14.7. The molecule has 19 heavy (non-hydrogen) atoms. The van der Waals surface area contributed by atoms with Gasteiger partial charge in [0.1, 0.15) is 19.8 Å². The fourth-order valence-electron chi connectivity index (χ4n) is 0.676. The van der Waals surface area contributed by atoms with Gasteiger partial charge in [-0.05, 0) is 20.8 Å². The van der Waals surface area contributed by atoms with E-state index in [4.69, 9.17) is 10.7 Å². The van der Waals surface area contributed by atoms with Gasteiger partial charge in [-0.1, -0.05) is 0 Å². The highest BCUT2D eigenvalue weighted by atomic mass is 31.1. The highest BCUT2D eigenvalue weighted by Gasteiger charge is 2.59. The van der Waals surface area contributed by atoms with Crippen molar-refractivity contribution in [3.05, 3.63) is 0 Å². The molecular formula is C6H15AlO9P3+3. The van der Waals surface area contributed by atoms with E-state index in [2.05, 4.69) is 13.6 Å². The maximum absolute atomic E-state index is 11.2. The first kappa shape index (κ1) is 19.6. The fourth-order valence-corrected chi connectivity index (χ4v) is 5.23. The molecule has 0 aliphatic carbocycles. The second kappa shape index (κ2) is 12.3. The summed E-state index contributed by atoms with van der Waals surface area (Å²) < 4.78 is 62.0. The second-order valence-corrected chi connectivity index (χ2v) is 7.75. The van der Waals surface area contributed by atoms with E-state index in [1.807, 2.05) is 0 Å². The number of hydrogen-bond acceptors (Lipinski definition) is 9. The normalized spacial score (nSPS) is 13.1. The summed E-state index contributed by atoms with van der Waals surface area (Å²) >= 11 is -3.23. The van der Waals surface area contributed by atoms with Crippen LogP contribution in [0.3, 0.4) is 0 Å². The van der Waals surface area contributed by atoms with Crippen LogP contribution >= 0.6 is 24.8 Å². The Labute approximate surface area is 119 Å². The summed E-state index contributed by atoms with van der Waals surface area (Å²) in [6.07, 6.45) is 0. The minimum Gasteiger partial charge on any atom is -0.173 e. The molecule has 108 valence electrons. The lowest BCUT2D eigenvalue weighted by Crippen LogP contribution is -2.19. The molecule has 3 atom stereocenters. The minimum absolute atomic E-state index is 0.144. The van der Waals surface area contributed by atoms with Crippen LogP contribution in [0.5, 0.6) is 0 Å². The first-order chi connectivity index (χ1) is 9.03. The van der Waals surface area contributed by atoms with Crippen molar-refractivity contribution in [1.82, 2.24) is 0 Å². The minimum atomic E-state index is -3.23. The molecule has 0 N–H and O–H groups in total. The lowest BCUT2D eigenvalue weighted by atomic mass is 10.9. The summed E-state index contributed by atoms with van der Waals surface area (Å²) in [5.74, 6) is 0. The topological polar surface area (TPSA) is 107 Å². The summed E-state index contributed by atoms with van der Waals surface area (Å²) in [7, 11) is -7.52. The Hall–Kier alpha value is 0.592. The molecule has 0 aromatic carbocycles. The van der Waals surface area contributed by atoms with Crippen LogP contribution in [0.1, 0.15) is 20.8 Å². The van der Waals surface area contributed by atoms with Crippen LogP contribution in [-0.2, 0) is 38.0 Å². The van der Waals surface area contributed by atoms with Crippen molar-refractivity contribution < 1.29 is 38.0 Å². The third-order valence-electron chi connectivity index (χ3n) is 1.22. The maximum Gasteiger partial charge on any atom is 1.05 e. The Kier molecular flexibility index (Phi) is 12.7. The molecule has 0 amide bonds. The molecule has 0 aromatic heterocycles. The molecule has 0 rings (SSSR count). The Bertz CT molecular complexity index is 267. The van der Waals surface area contributed by atoms with Gasteiger partial charge in [0.05, 0.1) is 0 Å². The SMILES string of the molecule is CCO[P+](=O)[O][Al]([O][P+](=O)OCC)[O][P+](=O)OCC. The van der Waals surface area contributed by atoms with E-state index in [9.17, 15) is 13.7 Å². The monoisotopic (exact) mass is 351 g/mol. The molecule has 0 radical (unpaired) electrons. The van der Waals surface area contributed by atoms with E-state index in [-0.39, 0.29) is 19.8 Å². The van der Waals surface area contributed by atoms with Crippen molar-refractivity contribution in [3.8, 4) is 0 Å². The van der Waals surface area contributed by atoms with Gasteiger partial charge in [0.2, 0.25) is 0 Å². The summed E-state index contributed by atoms with van der Waals surface area (Å²) in [6.45, 7) is 5.26. The van der Waals surface area contributed by atoms with Crippen LogP contribution in [0.15, 0.2) is 0 Å². The Morgan fingerprint density at radius 1 is 0.684 bits per heavy atom. The van der Waals surface area contributed by atoms with Gasteiger partial charge in [-0.25, -0.2) is 0 Å². The Morgan fingerprint density at radius 2 is 0.947 bits per heavy atom. The van der Waals surface area contributed by atoms with Gasteiger partial charge >= 0.3 is 39.9 Å². The lowest BCUT2D eigenvalue weighted by molar-refractivity contribution is 0.222. The van der Waals surface area contributed by atoms with Crippen molar-refractivity contribution in [2.45, 2.75) is 20.8 Å². The van der Waals surface area contributed by atoms with Crippen LogP contribution in [0.25, 0.3) is 0 Å². The van der Waals surface area contributed by atoms with E-state index in [0.717, 1.165) is 0 Å². The molecule has 0 fully saturated rings. The quantitative estimate of drug-likeness (QED) is 0.387. The largest absolute Gasteiger partial charge is 1.05 e. The molecule has 0 aromatic rings. The summed E-state index contributed by atoms with van der Waals surface area (Å²) in [6, 6.07) is 0. The van der Waals surface area contributed by atoms with Crippen molar-refractivity contribution in [2.75, 3.05) is 19.8 Å². The Balaban J connectivity index is 4.40. The molecule has 0 saturated carbocycles. The molecule has 0 spiro atoms. The lowest BCUT2D eigenvalue weighted by Gasteiger charge is -1.90. The standard InChI is InChI=1S/3C2H5O3P.Al/c3*1-2-5-6(3)4;/h3*2H2,1H3;/q;;;+3. The van der Waals surface area contributed by atoms with Crippen LogP contribution in [0.4, 0.5) is 0 Å². The first-order valence-corrected chi connectivity index (χ1v) is 10.0. The summed E-state index contributed by atoms with van der Waals surface area (Å²) in [4.78, 5) is 0. The van der Waals surface area contributed by atoms with Crippen LogP contribution < -0.4 is 0 Å². The average molecular weight is 351 g/mol. The van der Waals surface area contributed by atoms with E-state index in [0.29, 0.717) is 0 Å². The summed E-state index contributed by atoms with van der Waals surface area (Å²) in [5.41, 5.74) is 0.